The first kappa shape index (κ1) is 35.6. The Hall–Kier alpha value is -1.63. The van der Waals surface area contributed by atoms with Crippen LogP contribution in [0.25, 0.3) is 0 Å². The van der Waals surface area contributed by atoms with Gasteiger partial charge >= 0.3 is 0 Å². The molecule has 0 amide bonds. The molecule has 2 aliphatic rings. The Labute approximate surface area is 256 Å². The summed E-state index contributed by atoms with van der Waals surface area (Å²) >= 11 is 0. The van der Waals surface area contributed by atoms with Crippen molar-refractivity contribution in [3.63, 3.8) is 0 Å². The van der Waals surface area contributed by atoms with E-state index in [-0.39, 0.29) is 5.41 Å². The van der Waals surface area contributed by atoms with Gasteiger partial charge in [0.05, 0.1) is 0 Å². The lowest BCUT2D eigenvalue weighted by atomic mass is 9.72. The van der Waals surface area contributed by atoms with Gasteiger partial charge in [0.25, 0.3) is 0 Å². The van der Waals surface area contributed by atoms with Crippen molar-refractivity contribution in [1.82, 2.24) is 0 Å². The summed E-state index contributed by atoms with van der Waals surface area (Å²) in [6.45, 7) is 23.2. The molecular weight excluding hydrogens is 496 g/mol. The topological polar surface area (TPSA) is 17.1 Å². The standard InChI is InChI=1S/C40H66O/c1-30(18-13-20-32(3)23-25-36-34(5)22-15-28-39(36,7)8)16-11-12-17-31(2)19-14-21-33(4)24-26-37-35(6)38(41)27-29-40(37,9)10/h14,21,23-26,30-33H,11-13,15-20,22,27-29H2,1-10H3/b21-14+,25-23+,26-24+. The molecule has 0 fully saturated rings. The maximum absolute atomic E-state index is 12.2. The minimum Gasteiger partial charge on any atom is -0.295 e. The lowest BCUT2D eigenvalue weighted by Crippen LogP contribution is -2.24. The van der Waals surface area contributed by atoms with Crippen LogP contribution in [0.5, 0.6) is 0 Å². The molecule has 0 spiro atoms. The number of unbranched alkanes of at least 4 members (excludes halogenated alkanes) is 1. The molecular formula is C40H66O. The predicted octanol–water partition coefficient (Wildman–Crippen LogP) is 12.6. The SMILES string of the molecule is CC1=C(/C=C/C(C)CCCC(C)CCCCC(C)C/C=C/C(C)/C=C/C2=C(C)C(=O)CCC2(C)C)C(C)(C)CCC1. The summed E-state index contributed by atoms with van der Waals surface area (Å²) in [6.07, 6.45) is 30.4. The molecule has 41 heavy (non-hydrogen) atoms. The minimum atomic E-state index is 0.100. The van der Waals surface area contributed by atoms with Crippen molar-refractivity contribution < 1.29 is 4.79 Å². The molecule has 0 saturated carbocycles. The van der Waals surface area contributed by atoms with E-state index in [0.717, 1.165) is 23.8 Å². The van der Waals surface area contributed by atoms with Crippen molar-refractivity contribution in [3.05, 3.63) is 58.7 Å². The number of hydrogen-bond acceptors (Lipinski definition) is 1. The van der Waals surface area contributed by atoms with Crippen molar-refractivity contribution in [3.8, 4) is 0 Å². The summed E-state index contributed by atoms with van der Waals surface area (Å²) in [5.74, 6) is 2.99. The van der Waals surface area contributed by atoms with Crippen LogP contribution in [-0.4, -0.2) is 5.78 Å². The van der Waals surface area contributed by atoms with Gasteiger partial charge in [0, 0.05) is 6.42 Å². The van der Waals surface area contributed by atoms with Crippen LogP contribution in [0.15, 0.2) is 58.7 Å². The van der Waals surface area contributed by atoms with Gasteiger partial charge in [0.2, 0.25) is 0 Å². The Morgan fingerprint density at radius 3 is 2.00 bits per heavy atom. The molecule has 1 heteroatoms. The van der Waals surface area contributed by atoms with Crippen LogP contribution in [0, 0.1) is 34.5 Å². The normalized spacial score (nSPS) is 22.7. The number of Topliss-reactive ketones (excluding diaryl/α,β-unsaturated/α-hetero) is 1. The molecule has 4 atom stereocenters. The van der Waals surface area contributed by atoms with Gasteiger partial charge in [-0.05, 0) is 104 Å². The zero-order chi connectivity index (χ0) is 30.6. The summed E-state index contributed by atoms with van der Waals surface area (Å²) in [6, 6.07) is 0. The summed E-state index contributed by atoms with van der Waals surface area (Å²) < 4.78 is 0. The number of carbonyl (C=O) groups excluding carboxylic acids is 1. The molecule has 0 radical (unpaired) electrons. The highest BCUT2D eigenvalue weighted by atomic mass is 16.1. The van der Waals surface area contributed by atoms with Crippen molar-refractivity contribution in [1.29, 1.82) is 0 Å². The maximum atomic E-state index is 12.2. The van der Waals surface area contributed by atoms with E-state index in [4.69, 9.17) is 0 Å². The Bertz CT molecular complexity index is 978. The molecule has 0 N–H and O–H groups in total. The fourth-order valence-corrected chi connectivity index (χ4v) is 7.00. The lowest BCUT2D eigenvalue weighted by molar-refractivity contribution is -0.116. The van der Waals surface area contributed by atoms with Gasteiger partial charge in [-0.3, -0.25) is 4.79 Å². The van der Waals surface area contributed by atoms with Gasteiger partial charge in [-0.25, -0.2) is 0 Å². The third-order valence-electron chi connectivity index (χ3n) is 10.2. The number of ketones is 1. The Kier molecular flexibility index (Phi) is 14.6. The summed E-state index contributed by atoms with van der Waals surface area (Å²) in [7, 11) is 0. The molecule has 0 saturated heterocycles. The van der Waals surface area contributed by atoms with Crippen LogP contribution >= 0.6 is 0 Å². The number of allylic oxidation sites excluding steroid dienone is 10. The quantitative estimate of drug-likeness (QED) is 0.135. The highest BCUT2D eigenvalue weighted by molar-refractivity contribution is 5.97. The first-order valence-corrected chi connectivity index (χ1v) is 17.2. The zero-order valence-electron chi connectivity index (χ0n) is 28.9. The Balaban J connectivity index is 1.60. The Morgan fingerprint density at radius 2 is 1.32 bits per heavy atom. The van der Waals surface area contributed by atoms with Crippen LogP contribution in [0.3, 0.4) is 0 Å². The summed E-state index contributed by atoms with van der Waals surface area (Å²) in [5, 5.41) is 0. The number of rotatable bonds is 16. The fraction of sp³-hybridized carbons (Fsp3) is 0.725. The molecule has 2 rings (SSSR count). The number of carbonyl (C=O) groups is 1. The monoisotopic (exact) mass is 563 g/mol. The van der Waals surface area contributed by atoms with E-state index in [1.54, 1.807) is 11.1 Å². The molecule has 4 unspecified atom stereocenters. The van der Waals surface area contributed by atoms with Gasteiger partial charge < -0.3 is 0 Å². The van der Waals surface area contributed by atoms with Crippen LogP contribution in [0.2, 0.25) is 0 Å². The van der Waals surface area contributed by atoms with Crippen molar-refractivity contribution >= 4 is 5.78 Å². The maximum Gasteiger partial charge on any atom is 0.158 e. The molecule has 0 aromatic carbocycles. The highest BCUT2D eigenvalue weighted by Gasteiger charge is 2.30. The molecule has 1 nitrogen and oxygen atoms in total. The van der Waals surface area contributed by atoms with Crippen molar-refractivity contribution in [2.45, 2.75) is 153 Å². The largest absolute Gasteiger partial charge is 0.295 e. The molecule has 2 aliphatic carbocycles. The third kappa shape index (κ3) is 12.2. The van der Waals surface area contributed by atoms with Crippen LogP contribution in [0.1, 0.15) is 153 Å². The van der Waals surface area contributed by atoms with Gasteiger partial charge in [0.1, 0.15) is 0 Å². The molecule has 0 heterocycles. The second kappa shape index (κ2) is 16.9. The van der Waals surface area contributed by atoms with E-state index in [1.807, 2.05) is 6.92 Å². The molecule has 0 aliphatic heterocycles. The zero-order valence-corrected chi connectivity index (χ0v) is 28.9. The molecule has 0 aromatic heterocycles. The van der Waals surface area contributed by atoms with Crippen molar-refractivity contribution in [2.75, 3.05) is 0 Å². The molecule has 0 aromatic rings. The lowest BCUT2D eigenvalue weighted by Gasteiger charge is -2.33. The van der Waals surface area contributed by atoms with Gasteiger partial charge in [0.15, 0.2) is 5.78 Å². The second-order valence-corrected chi connectivity index (χ2v) is 15.4. The smallest absolute Gasteiger partial charge is 0.158 e. The van der Waals surface area contributed by atoms with E-state index >= 15 is 0 Å². The van der Waals surface area contributed by atoms with E-state index in [1.165, 1.54) is 76.2 Å². The van der Waals surface area contributed by atoms with Crippen LogP contribution in [-0.2, 0) is 4.79 Å². The van der Waals surface area contributed by atoms with Gasteiger partial charge in [-0.15, -0.1) is 0 Å². The van der Waals surface area contributed by atoms with E-state index in [0.29, 0.717) is 29.5 Å². The van der Waals surface area contributed by atoms with Crippen LogP contribution in [0.4, 0.5) is 0 Å². The third-order valence-corrected chi connectivity index (χ3v) is 10.2. The molecule has 232 valence electrons. The highest BCUT2D eigenvalue weighted by Crippen LogP contribution is 2.41. The first-order chi connectivity index (χ1) is 19.2. The minimum absolute atomic E-state index is 0.100. The Morgan fingerprint density at radius 1 is 0.707 bits per heavy atom. The van der Waals surface area contributed by atoms with Crippen molar-refractivity contribution in [2.24, 2.45) is 34.5 Å². The fourth-order valence-electron chi connectivity index (χ4n) is 7.00. The van der Waals surface area contributed by atoms with Gasteiger partial charge in [-0.1, -0.05) is 136 Å². The predicted molar refractivity (Wildman–Crippen MR) is 182 cm³/mol. The van der Waals surface area contributed by atoms with E-state index in [2.05, 4.69) is 98.8 Å². The average molecular weight is 563 g/mol. The van der Waals surface area contributed by atoms with E-state index < -0.39 is 0 Å². The van der Waals surface area contributed by atoms with Gasteiger partial charge in [-0.2, -0.15) is 0 Å². The summed E-state index contributed by atoms with van der Waals surface area (Å²) in [5.41, 5.74) is 5.86. The van der Waals surface area contributed by atoms with Crippen LogP contribution < -0.4 is 0 Å². The average Bonchev–Trinajstić information content (AvgIpc) is 2.88. The van der Waals surface area contributed by atoms with E-state index in [9.17, 15) is 4.79 Å². The number of hydrogen-bond donors (Lipinski definition) is 0. The first-order valence-electron chi connectivity index (χ1n) is 17.2. The summed E-state index contributed by atoms with van der Waals surface area (Å²) in [4.78, 5) is 12.2. The molecule has 0 bridgehead atoms. The second-order valence-electron chi connectivity index (χ2n) is 15.4.